The van der Waals surface area contributed by atoms with Crippen molar-refractivity contribution < 1.29 is 53.4 Å². The number of benzene rings is 6. The molecule has 1 aliphatic rings. The molecule has 0 heterocycles. The minimum absolute atomic E-state index is 0. The van der Waals surface area contributed by atoms with Crippen molar-refractivity contribution in [2.45, 2.75) is 19.5 Å². The van der Waals surface area contributed by atoms with Gasteiger partial charge in [0, 0.05) is 67.7 Å². The molecule has 0 saturated heterocycles. The van der Waals surface area contributed by atoms with Gasteiger partial charge in [-0.2, -0.15) is 0 Å². The van der Waals surface area contributed by atoms with Gasteiger partial charge in [0.05, 0.1) is 0 Å². The fourth-order valence-corrected chi connectivity index (χ4v) is 6.31. The summed E-state index contributed by atoms with van der Waals surface area (Å²) in [4.78, 5) is 10.3. The first-order chi connectivity index (χ1) is 20.8. The van der Waals surface area contributed by atoms with Crippen LogP contribution in [0, 0.1) is 13.8 Å². The first kappa shape index (κ1) is 31.8. The zero-order valence-electron chi connectivity index (χ0n) is 24.2. The molecule has 6 aromatic carbocycles. The molecule has 4 N–H and O–H groups in total. The number of aromatic hydroxyl groups is 4. The molecule has 0 fully saturated rings. The third kappa shape index (κ3) is 4.95. The second kappa shape index (κ2) is 12.0. The summed E-state index contributed by atoms with van der Waals surface area (Å²) in [6.45, 7) is 4.11. The predicted molar refractivity (Wildman–Crippen MR) is 172 cm³/mol. The van der Waals surface area contributed by atoms with Gasteiger partial charge in [0.15, 0.2) is 23.0 Å². The smallest absolute Gasteiger partial charge is 0.202 e. The summed E-state index contributed by atoms with van der Waals surface area (Å²) in [6.07, 6.45) is 3.14. The molecule has 0 saturated carbocycles. The molecule has 45 heavy (non-hydrogen) atoms. The minimum Gasteiger partial charge on any atom is -0.504 e. The molecule has 0 spiro atoms. The monoisotopic (exact) mass is 680 g/mol. The Morgan fingerprint density at radius 1 is 0.533 bits per heavy atom. The Bertz CT molecular complexity index is 2020. The fourth-order valence-electron chi connectivity index (χ4n) is 6.31. The molecular formula is C37H28N2Ni2O4. The molecule has 0 amide bonds. The van der Waals surface area contributed by atoms with Gasteiger partial charge in [0.1, 0.15) is 0 Å². The van der Waals surface area contributed by atoms with Gasteiger partial charge in [-0.1, -0.05) is 84.9 Å². The summed E-state index contributed by atoms with van der Waals surface area (Å²) in [7, 11) is 0. The standard InChI is InChI=1S/C37H28N2O4.2Ni/c1-21-9-7-15-29-33(21)34-22(2)10-8-16-30(34)37(29,38-19-27-25-13-5-3-11-23(25)17-31(40)35(27)42)39-20-28-26-14-6-4-12-24(26)18-32(41)36(28)43;;/h3-20,40-43H,1-2H3;;/b38-19+,39-20+;;. The van der Waals surface area contributed by atoms with Crippen molar-refractivity contribution in [2.24, 2.45) is 9.98 Å². The summed E-state index contributed by atoms with van der Waals surface area (Å²) < 4.78 is 0. The third-order valence-electron chi connectivity index (χ3n) is 8.39. The van der Waals surface area contributed by atoms with Crippen molar-refractivity contribution in [3.63, 3.8) is 0 Å². The van der Waals surface area contributed by atoms with E-state index in [2.05, 4.69) is 26.0 Å². The van der Waals surface area contributed by atoms with Crippen LogP contribution in [-0.2, 0) is 38.6 Å². The molecule has 0 atom stereocenters. The van der Waals surface area contributed by atoms with E-state index in [0.717, 1.165) is 54.9 Å². The largest absolute Gasteiger partial charge is 0.504 e. The van der Waals surface area contributed by atoms with Gasteiger partial charge >= 0.3 is 0 Å². The van der Waals surface area contributed by atoms with Gasteiger partial charge in [-0.3, -0.25) is 9.98 Å². The summed E-state index contributed by atoms with van der Waals surface area (Å²) in [5.41, 5.74) is 5.31. The van der Waals surface area contributed by atoms with Gasteiger partial charge in [0.2, 0.25) is 5.66 Å². The first-order valence-corrected chi connectivity index (χ1v) is 14.0. The quantitative estimate of drug-likeness (QED) is 0.0864. The van der Waals surface area contributed by atoms with Crippen LogP contribution in [0.2, 0.25) is 0 Å². The van der Waals surface area contributed by atoms with Gasteiger partial charge in [-0.05, 0) is 69.8 Å². The SMILES string of the molecule is Cc1cccc2c1-c1c(C)cccc1C2(/N=C/c1c(O)c(O)cc2ccccc12)/N=C/c1c(O)c(O)cc2ccccc12.[Ni].[Ni]. The molecule has 1 aliphatic carbocycles. The Morgan fingerprint density at radius 2 is 0.933 bits per heavy atom. The number of hydrogen-bond acceptors (Lipinski definition) is 6. The summed E-state index contributed by atoms with van der Waals surface area (Å²) in [5, 5.41) is 46.1. The predicted octanol–water partition coefficient (Wildman–Crippen LogP) is 7.85. The molecule has 6 nitrogen and oxygen atoms in total. The van der Waals surface area contributed by atoms with Gasteiger partial charge in [-0.25, -0.2) is 0 Å². The molecule has 0 aliphatic heterocycles. The molecule has 0 bridgehead atoms. The summed E-state index contributed by atoms with van der Waals surface area (Å²) in [6, 6.07) is 30.0. The Hall–Kier alpha value is -4.63. The molecule has 6 aromatic rings. The number of aliphatic imine (C=N–C) groups is 2. The number of rotatable bonds is 4. The molecule has 0 aromatic heterocycles. The number of fused-ring (bicyclic) bond motifs is 5. The number of aryl methyl sites for hydroxylation is 2. The van der Waals surface area contributed by atoms with E-state index in [1.165, 1.54) is 12.1 Å². The Labute approximate surface area is 280 Å². The molecular weight excluding hydrogens is 654 g/mol. The van der Waals surface area contributed by atoms with Crippen LogP contribution in [0.15, 0.2) is 107 Å². The van der Waals surface area contributed by atoms with E-state index in [1.54, 1.807) is 12.4 Å². The Morgan fingerprint density at radius 3 is 1.36 bits per heavy atom. The van der Waals surface area contributed by atoms with E-state index in [1.807, 2.05) is 72.8 Å². The maximum Gasteiger partial charge on any atom is 0.202 e. The van der Waals surface area contributed by atoms with E-state index in [0.29, 0.717) is 11.1 Å². The van der Waals surface area contributed by atoms with Crippen LogP contribution >= 0.6 is 0 Å². The zero-order chi connectivity index (χ0) is 29.9. The van der Waals surface area contributed by atoms with E-state index in [4.69, 9.17) is 9.98 Å². The van der Waals surface area contributed by atoms with Crippen LogP contribution < -0.4 is 0 Å². The molecule has 230 valence electrons. The van der Waals surface area contributed by atoms with Crippen LogP contribution in [-0.4, -0.2) is 32.9 Å². The average molecular weight is 682 g/mol. The topological polar surface area (TPSA) is 106 Å². The van der Waals surface area contributed by atoms with Crippen LogP contribution in [0.3, 0.4) is 0 Å². The van der Waals surface area contributed by atoms with E-state index < -0.39 is 5.66 Å². The van der Waals surface area contributed by atoms with Crippen molar-refractivity contribution in [3.8, 4) is 34.1 Å². The number of hydrogen-bond donors (Lipinski definition) is 4. The van der Waals surface area contributed by atoms with Gasteiger partial charge < -0.3 is 20.4 Å². The minimum atomic E-state index is -1.30. The van der Waals surface area contributed by atoms with Crippen molar-refractivity contribution in [3.05, 3.63) is 130 Å². The van der Waals surface area contributed by atoms with Crippen LogP contribution in [0.5, 0.6) is 23.0 Å². The van der Waals surface area contributed by atoms with E-state index in [9.17, 15) is 20.4 Å². The Balaban J connectivity index is 0.00000200. The van der Waals surface area contributed by atoms with Crippen LogP contribution in [0.4, 0.5) is 0 Å². The normalized spacial score (nSPS) is 13.1. The van der Waals surface area contributed by atoms with Crippen molar-refractivity contribution in [1.82, 2.24) is 0 Å². The second-order valence-corrected chi connectivity index (χ2v) is 10.9. The summed E-state index contributed by atoms with van der Waals surface area (Å²) in [5.74, 6) is -1.03. The van der Waals surface area contributed by atoms with Crippen molar-refractivity contribution in [1.29, 1.82) is 0 Å². The average Bonchev–Trinajstić information content (AvgIpc) is 3.29. The number of nitrogens with zero attached hydrogens (tertiary/aromatic N) is 2. The second-order valence-electron chi connectivity index (χ2n) is 10.9. The van der Waals surface area contributed by atoms with Gasteiger partial charge in [-0.15, -0.1) is 0 Å². The number of phenols is 4. The molecule has 0 radical (unpaired) electrons. The fraction of sp³-hybridized carbons (Fsp3) is 0.0811. The van der Waals surface area contributed by atoms with E-state index in [-0.39, 0.29) is 56.0 Å². The molecule has 7 rings (SSSR count). The third-order valence-corrected chi connectivity index (χ3v) is 8.39. The van der Waals surface area contributed by atoms with E-state index >= 15 is 0 Å². The van der Waals surface area contributed by atoms with Crippen molar-refractivity contribution >= 4 is 34.0 Å². The maximum absolute atomic E-state index is 11.0. The molecule has 0 unspecified atom stereocenters. The van der Waals surface area contributed by atoms with Crippen molar-refractivity contribution in [2.75, 3.05) is 0 Å². The zero-order valence-corrected chi connectivity index (χ0v) is 26.2. The molecule has 8 heteroatoms. The van der Waals surface area contributed by atoms with Crippen LogP contribution in [0.1, 0.15) is 33.4 Å². The first-order valence-electron chi connectivity index (χ1n) is 14.0. The van der Waals surface area contributed by atoms with Gasteiger partial charge in [0.25, 0.3) is 0 Å². The Kier molecular flexibility index (Phi) is 8.51. The number of phenolic OH excluding ortho intramolecular Hbond substituents is 4. The summed E-state index contributed by atoms with van der Waals surface area (Å²) >= 11 is 0. The van der Waals surface area contributed by atoms with Crippen LogP contribution in [0.25, 0.3) is 32.7 Å². The maximum atomic E-state index is 11.0.